The predicted octanol–water partition coefficient (Wildman–Crippen LogP) is 2.98. The number of nitrogens with zero attached hydrogens (tertiary/aromatic N) is 1. The van der Waals surface area contributed by atoms with Crippen molar-refractivity contribution in [2.75, 3.05) is 0 Å². The molecule has 3 rings (SSSR count). The second kappa shape index (κ2) is 5.19. The molecule has 0 atom stereocenters. The number of fused-ring (bicyclic) bond motifs is 1. The number of pyridine rings is 1. The maximum Gasteiger partial charge on any atom is 0.341 e. The Morgan fingerprint density at radius 2 is 1.95 bits per heavy atom. The molecule has 0 amide bonds. The highest BCUT2D eigenvalue weighted by Crippen LogP contribution is 2.29. The Morgan fingerprint density at radius 1 is 1.21 bits per heavy atom. The van der Waals surface area contributed by atoms with E-state index < -0.39 is 5.97 Å². The molecule has 1 N–H and O–H groups in total. The van der Waals surface area contributed by atoms with Crippen LogP contribution in [0.5, 0.6) is 5.88 Å². The molecule has 1 fully saturated rings. The SMILES string of the molecule is O=C(O)c1cc2c(nc1OC1CCCC1)CCCC2. The van der Waals surface area contributed by atoms with Gasteiger partial charge in [0.1, 0.15) is 11.7 Å². The highest BCUT2D eigenvalue weighted by molar-refractivity contribution is 5.90. The quantitative estimate of drug-likeness (QED) is 0.908. The molecule has 102 valence electrons. The molecule has 2 aliphatic rings. The minimum absolute atomic E-state index is 0.146. The van der Waals surface area contributed by atoms with Crippen LogP contribution in [0.1, 0.15) is 60.1 Å². The molecule has 0 radical (unpaired) electrons. The lowest BCUT2D eigenvalue weighted by Gasteiger charge is -2.19. The molecule has 4 nitrogen and oxygen atoms in total. The van der Waals surface area contributed by atoms with Crippen LogP contribution in [0.25, 0.3) is 0 Å². The fraction of sp³-hybridized carbons (Fsp3) is 0.600. The van der Waals surface area contributed by atoms with E-state index in [0.29, 0.717) is 5.88 Å². The molecule has 0 unspecified atom stereocenters. The summed E-state index contributed by atoms with van der Waals surface area (Å²) in [7, 11) is 0. The van der Waals surface area contributed by atoms with Gasteiger partial charge in [-0.1, -0.05) is 0 Å². The molecule has 0 saturated heterocycles. The van der Waals surface area contributed by atoms with Crippen LogP contribution in [0.2, 0.25) is 0 Å². The fourth-order valence-corrected chi connectivity index (χ4v) is 3.02. The molecular formula is C15H19NO3. The van der Waals surface area contributed by atoms with Gasteiger partial charge in [-0.25, -0.2) is 9.78 Å². The lowest BCUT2D eigenvalue weighted by Crippen LogP contribution is -2.17. The number of aromatic carboxylic acids is 1. The van der Waals surface area contributed by atoms with Crippen molar-refractivity contribution in [3.05, 3.63) is 22.9 Å². The fourth-order valence-electron chi connectivity index (χ4n) is 3.02. The van der Waals surface area contributed by atoms with E-state index in [0.717, 1.165) is 62.6 Å². The summed E-state index contributed by atoms with van der Waals surface area (Å²) in [5.74, 6) is -0.603. The molecule has 1 aromatic rings. The van der Waals surface area contributed by atoms with E-state index in [2.05, 4.69) is 4.98 Å². The number of aromatic nitrogens is 1. The van der Waals surface area contributed by atoms with E-state index in [1.165, 1.54) is 0 Å². The second-order valence-corrected chi connectivity index (χ2v) is 5.48. The number of carbonyl (C=O) groups is 1. The van der Waals surface area contributed by atoms with E-state index in [9.17, 15) is 9.90 Å². The van der Waals surface area contributed by atoms with Crippen molar-refractivity contribution in [2.45, 2.75) is 57.5 Å². The van der Waals surface area contributed by atoms with E-state index >= 15 is 0 Å². The van der Waals surface area contributed by atoms with E-state index in [1.54, 1.807) is 6.07 Å². The van der Waals surface area contributed by atoms with Crippen LogP contribution in [0.3, 0.4) is 0 Å². The maximum absolute atomic E-state index is 11.4. The van der Waals surface area contributed by atoms with Crippen LogP contribution in [0.4, 0.5) is 0 Å². The van der Waals surface area contributed by atoms with Gasteiger partial charge in [-0.15, -0.1) is 0 Å². The molecule has 0 aliphatic heterocycles. The van der Waals surface area contributed by atoms with Crippen LogP contribution in [0, 0.1) is 0 Å². The Hall–Kier alpha value is -1.58. The van der Waals surface area contributed by atoms with Crippen molar-refractivity contribution in [1.82, 2.24) is 4.98 Å². The summed E-state index contributed by atoms with van der Waals surface area (Å²) in [6.07, 6.45) is 8.63. The molecule has 1 saturated carbocycles. The Balaban J connectivity index is 1.93. The third-order valence-electron chi connectivity index (χ3n) is 4.08. The van der Waals surface area contributed by atoms with Gasteiger partial charge >= 0.3 is 5.97 Å². The van der Waals surface area contributed by atoms with Gasteiger partial charge in [0.15, 0.2) is 0 Å². The third-order valence-corrected chi connectivity index (χ3v) is 4.08. The van der Waals surface area contributed by atoms with Crippen LogP contribution in [-0.2, 0) is 12.8 Å². The largest absolute Gasteiger partial charge is 0.477 e. The Morgan fingerprint density at radius 3 is 2.68 bits per heavy atom. The zero-order valence-corrected chi connectivity index (χ0v) is 11.0. The number of hydrogen-bond donors (Lipinski definition) is 1. The normalized spacial score (nSPS) is 19.2. The number of rotatable bonds is 3. The third kappa shape index (κ3) is 2.57. The van der Waals surface area contributed by atoms with E-state index in [1.807, 2.05) is 0 Å². The minimum Gasteiger partial charge on any atom is -0.477 e. The minimum atomic E-state index is -0.936. The first-order chi connectivity index (χ1) is 9.24. The first-order valence-electron chi connectivity index (χ1n) is 7.17. The molecule has 2 aliphatic carbocycles. The van der Waals surface area contributed by atoms with E-state index in [4.69, 9.17) is 4.74 Å². The summed E-state index contributed by atoms with van der Waals surface area (Å²) in [5, 5.41) is 9.32. The highest BCUT2D eigenvalue weighted by atomic mass is 16.5. The number of carboxylic acid groups (broad SMARTS) is 1. The number of hydrogen-bond acceptors (Lipinski definition) is 3. The summed E-state index contributed by atoms with van der Waals surface area (Å²) >= 11 is 0. The van der Waals surface area contributed by atoms with Crippen LogP contribution in [-0.4, -0.2) is 22.2 Å². The first-order valence-corrected chi connectivity index (χ1v) is 7.17. The highest BCUT2D eigenvalue weighted by Gasteiger charge is 2.23. The van der Waals surface area contributed by atoms with Crippen LogP contribution < -0.4 is 4.74 Å². The lowest BCUT2D eigenvalue weighted by atomic mass is 9.95. The van der Waals surface area contributed by atoms with Gasteiger partial charge in [-0.2, -0.15) is 0 Å². The summed E-state index contributed by atoms with van der Waals surface area (Å²) in [5.41, 5.74) is 2.35. The molecule has 1 heterocycles. The average Bonchev–Trinajstić information content (AvgIpc) is 2.90. The monoisotopic (exact) mass is 261 g/mol. The summed E-state index contributed by atoms with van der Waals surface area (Å²) in [4.78, 5) is 15.9. The Bertz CT molecular complexity index is 492. The topological polar surface area (TPSA) is 59.4 Å². The van der Waals surface area contributed by atoms with Crippen molar-refractivity contribution in [3.63, 3.8) is 0 Å². The number of aryl methyl sites for hydroxylation is 2. The van der Waals surface area contributed by atoms with Crippen molar-refractivity contribution in [2.24, 2.45) is 0 Å². The number of ether oxygens (including phenoxy) is 1. The molecule has 0 bridgehead atoms. The van der Waals surface area contributed by atoms with Gasteiger partial charge in [0.2, 0.25) is 5.88 Å². The smallest absolute Gasteiger partial charge is 0.341 e. The van der Waals surface area contributed by atoms with Crippen molar-refractivity contribution >= 4 is 5.97 Å². The van der Waals surface area contributed by atoms with Crippen molar-refractivity contribution < 1.29 is 14.6 Å². The van der Waals surface area contributed by atoms with Gasteiger partial charge in [0.25, 0.3) is 0 Å². The summed E-state index contributed by atoms with van der Waals surface area (Å²) in [6, 6.07) is 1.77. The zero-order chi connectivity index (χ0) is 13.2. The maximum atomic E-state index is 11.4. The molecule has 4 heteroatoms. The molecule has 1 aromatic heterocycles. The summed E-state index contributed by atoms with van der Waals surface area (Å²) < 4.78 is 5.84. The molecule has 19 heavy (non-hydrogen) atoms. The van der Waals surface area contributed by atoms with Gasteiger partial charge in [0.05, 0.1) is 0 Å². The van der Waals surface area contributed by atoms with E-state index in [-0.39, 0.29) is 11.7 Å². The number of carboxylic acids is 1. The van der Waals surface area contributed by atoms with Gasteiger partial charge < -0.3 is 9.84 Å². The summed E-state index contributed by atoms with van der Waals surface area (Å²) in [6.45, 7) is 0. The lowest BCUT2D eigenvalue weighted by molar-refractivity contribution is 0.0687. The van der Waals surface area contributed by atoms with Gasteiger partial charge in [-0.05, 0) is 63.0 Å². The molecular weight excluding hydrogens is 242 g/mol. The van der Waals surface area contributed by atoms with Gasteiger partial charge in [0, 0.05) is 5.69 Å². The van der Waals surface area contributed by atoms with Gasteiger partial charge in [-0.3, -0.25) is 0 Å². The molecule has 0 aromatic carbocycles. The van der Waals surface area contributed by atoms with Crippen LogP contribution >= 0.6 is 0 Å². The standard InChI is InChI=1S/C15H19NO3/c17-15(18)12-9-10-5-1-4-8-13(10)16-14(12)19-11-6-2-3-7-11/h9,11H,1-8H2,(H,17,18). The molecule has 0 spiro atoms. The van der Waals surface area contributed by atoms with Crippen molar-refractivity contribution in [1.29, 1.82) is 0 Å². The average molecular weight is 261 g/mol. The Kier molecular flexibility index (Phi) is 3.40. The second-order valence-electron chi connectivity index (χ2n) is 5.48. The van der Waals surface area contributed by atoms with Crippen LogP contribution in [0.15, 0.2) is 6.07 Å². The van der Waals surface area contributed by atoms with Crippen molar-refractivity contribution in [3.8, 4) is 5.88 Å². The Labute approximate surface area is 112 Å². The first kappa shape index (κ1) is 12.5. The zero-order valence-electron chi connectivity index (χ0n) is 11.0. The predicted molar refractivity (Wildman–Crippen MR) is 70.7 cm³/mol.